The lowest BCUT2D eigenvalue weighted by molar-refractivity contribution is -0.144. The second kappa shape index (κ2) is 49.4. The maximum Gasteiger partial charge on any atom is 0.339 e. The predicted octanol–water partition coefficient (Wildman–Crippen LogP) is 13.4. The van der Waals surface area contributed by atoms with E-state index in [0.29, 0.717) is 39.1 Å². The second-order valence-electron chi connectivity index (χ2n) is 14.4. The zero-order valence-electron chi connectivity index (χ0n) is 39.9. The van der Waals surface area contributed by atoms with Gasteiger partial charge < -0.3 is 23.7 Å². The minimum Gasteiger partial charge on any atom is -0.466 e. The lowest BCUT2D eigenvalue weighted by Gasteiger charge is -2.07. The monoisotopic (exact) mass is 849 g/mol. The molecule has 60 heavy (non-hydrogen) atoms. The first kappa shape index (κ1) is 62.7. The molecule has 0 atom stereocenters. The number of rotatable bonds is 30. The number of benzene rings is 1. The zero-order valence-corrected chi connectivity index (χ0v) is 39.9. The van der Waals surface area contributed by atoms with Crippen LogP contribution in [0.1, 0.15) is 206 Å². The molecule has 0 amide bonds. The van der Waals surface area contributed by atoms with E-state index in [4.69, 9.17) is 23.7 Å². The molecule has 348 valence electrons. The summed E-state index contributed by atoms with van der Waals surface area (Å²) >= 11 is 0. The molecule has 1 aromatic carbocycles. The maximum absolute atomic E-state index is 11.7. The van der Waals surface area contributed by atoms with Crippen LogP contribution in [-0.4, -0.2) is 62.9 Å². The summed E-state index contributed by atoms with van der Waals surface area (Å²) in [6.07, 6.45) is 21.4. The lowest BCUT2D eigenvalue weighted by Crippen LogP contribution is -2.14. The van der Waals surface area contributed by atoms with Crippen molar-refractivity contribution in [3.63, 3.8) is 0 Å². The summed E-state index contributed by atoms with van der Waals surface area (Å²) in [5.74, 6) is 0.222. The number of ether oxygens (including phenoxy) is 5. The Bertz CT molecular complexity index is 1120. The van der Waals surface area contributed by atoms with E-state index >= 15 is 0 Å². The first-order chi connectivity index (χ1) is 28.9. The van der Waals surface area contributed by atoms with Gasteiger partial charge in [0.2, 0.25) is 0 Å². The summed E-state index contributed by atoms with van der Waals surface area (Å²) in [7, 11) is 0. The molecule has 0 N–H and O–H groups in total. The molecule has 0 unspecified atom stereocenters. The van der Waals surface area contributed by atoms with Crippen molar-refractivity contribution in [2.24, 2.45) is 11.8 Å². The first-order valence-electron chi connectivity index (χ1n) is 23.0. The second-order valence-corrected chi connectivity index (χ2v) is 14.4. The molecule has 0 saturated carbocycles. The smallest absolute Gasteiger partial charge is 0.339 e. The van der Waals surface area contributed by atoms with Gasteiger partial charge in [0, 0.05) is 19.3 Å². The van der Waals surface area contributed by atoms with Gasteiger partial charge in [0.05, 0.1) is 30.9 Å². The van der Waals surface area contributed by atoms with Crippen LogP contribution in [0.4, 0.5) is 0 Å². The van der Waals surface area contributed by atoms with E-state index in [1.807, 2.05) is 41.5 Å². The van der Waals surface area contributed by atoms with Crippen molar-refractivity contribution < 1.29 is 47.7 Å². The van der Waals surface area contributed by atoms with Crippen molar-refractivity contribution in [3.05, 3.63) is 60.7 Å². The van der Waals surface area contributed by atoms with E-state index in [1.165, 1.54) is 62.8 Å². The van der Waals surface area contributed by atoms with Crippen LogP contribution >= 0.6 is 0 Å². The van der Waals surface area contributed by atoms with Crippen molar-refractivity contribution in [2.45, 2.75) is 185 Å². The molecule has 0 heterocycles. The van der Waals surface area contributed by atoms with Gasteiger partial charge in [-0.05, 0) is 63.5 Å². The fourth-order valence-corrected chi connectivity index (χ4v) is 5.24. The van der Waals surface area contributed by atoms with Gasteiger partial charge in [-0.25, -0.2) is 9.59 Å². The van der Waals surface area contributed by atoms with Crippen LogP contribution in [0.3, 0.4) is 0 Å². The van der Waals surface area contributed by atoms with E-state index in [1.54, 1.807) is 12.1 Å². The number of carbonyl (C=O) groups excluding carboxylic acids is 5. The summed E-state index contributed by atoms with van der Waals surface area (Å²) in [5.41, 5.74) is 0.349. The fraction of sp³-hybridized carbons (Fsp3) is 0.700. The van der Waals surface area contributed by atoms with Crippen molar-refractivity contribution in [3.8, 4) is 0 Å². The first-order valence-corrected chi connectivity index (χ1v) is 23.0. The van der Waals surface area contributed by atoms with Gasteiger partial charge in [-0.2, -0.15) is 0 Å². The Hall–Kier alpha value is -3.95. The average molecular weight is 849 g/mol. The Morgan fingerprint density at radius 3 is 1.15 bits per heavy atom. The van der Waals surface area contributed by atoms with E-state index < -0.39 is 11.9 Å². The average Bonchev–Trinajstić information content (AvgIpc) is 3.24. The van der Waals surface area contributed by atoms with Crippen LogP contribution in [0.15, 0.2) is 49.6 Å². The summed E-state index contributed by atoms with van der Waals surface area (Å²) < 4.78 is 24.7. The quantitative estimate of drug-likeness (QED) is 0.0319. The SMILES string of the molecule is C=CCOC(=O)c1ccccc1C(=O)OCC=C.CC.CC.CC(C)CCCCCCOC(=O)CCCCCC(C)C.CCOC(=O)CCCCCCCCC(=O)OCC. The van der Waals surface area contributed by atoms with E-state index in [-0.39, 0.29) is 42.2 Å². The minimum absolute atomic E-state index is 0.00303. The Kier molecular flexibility index (Phi) is 51.6. The largest absolute Gasteiger partial charge is 0.466 e. The van der Waals surface area contributed by atoms with Gasteiger partial charge in [-0.3, -0.25) is 14.4 Å². The summed E-state index contributed by atoms with van der Waals surface area (Å²) in [4.78, 5) is 57.0. The Balaban J connectivity index is -0.000000376. The van der Waals surface area contributed by atoms with Gasteiger partial charge in [0.25, 0.3) is 0 Å². The Labute approximate surface area is 367 Å². The van der Waals surface area contributed by atoms with Crippen LogP contribution in [0.2, 0.25) is 0 Å². The molecule has 0 spiro atoms. The van der Waals surface area contributed by atoms with E-state index in [9.17, 15) is 24.0 Å². The molecule has 0 aliphatic carbocycles. The number of unbranched alkanes of at least 4 members (excludes halogenated alkanes) is 10. The molecule has 0 aliphatic rings. The number of carbonyl (C=O) groups is 5. The lowest BCUT2D eigenvalue weighted by atomic mass is 10.0. The highest BCUT2D eigenvalue weighted by atomic mass is 16.5. The van der Waals surface area contributed by atoms with Crippen LogP contribution in [0.5, 0.6) is 0 Å². The highest BCUT2D eigenvalue weighted by Gasteiger charge is 2.18. The Morgan fingerprint density at radius 1 is 0.483 bits per heavy atom. The molecular weight excluding hydrogens is 761 g/mol. The van der Waals surface area contributed by atoms with Crippen LogP contribution in [0, 0.1) is 11.8 Å². The van der Waals surface area contributed by atoms with Gasteiger partial charge in [-0.1, -0.05) is 163 Å². The fourth-order valence-electron chi connectivity index (χ4n) is 5.24. The van der Waals surface area contributed by atoms with Crippen LogP contribution in [0.25, 0.3) is 0 Å². The molecule has 0 bridgehead atoms. The predicted molar refractivity (Wildman–Crippen MR) is 247 cm³/mol. The van der Waals surface area contributed by atoms with E-state index in [0.717, 1.165) is 69.6 Å². The van der Waals surface area contributed by atoms with Gasteiger partial charge in [-0.15, -0.1) is 0 Å². The topological polar surface area (TPSA) is 132 Å². The van der Waals surface area contributed by atoms with Crippen LogP contribution in [-0.2, 0) is 38.1 Å². The molecular formula is C50H88O10. The third-order valence-electron chi connectivity index (χ3n) is 8.26. The standard InChI is InChI=1S/C18H36O2.C14H14O4.C14H26O4.2C2H6/c1-16(2)12-8-5-6-11-15-20-18(19)14-10-7-9-13-17(3)4;1-3-9-17-13(15)11-7-5-6-8-12(11)14(16)18-10-4-2;1-3-17-13(15)11-9-7-5-6-8-10-12-14(16)18-4-2;2*1-2/h16-17H,5-15H2,1-4H3;3-8H,1-2,9-10H2;3-12H2,1-2H3;2*1-2H3. The van der Waals surface area contributed by atoms with Crippen molar-refractivity contribution in [1.82, 2.24) is 0 Å². The highest BCUT2D eigenvalue weighted by molar-refractivity contribution is 6.03. The Morgan fingerprint density at radius 2 is 0.800 bits per heavy atom. The van der Waals surface area contributed by atoms with Crippen molar-refractivity contribution >= 4 is 29.8 Å². The molecule has 10 heteroatoms. The summed E-state index contributed by atoms with van der Waals surface area (Å²) in [5, 5.41) is 0. The third-order valence-corrected chi connectivity index (χ3v) is 8.26. The van der Waals surface area contributed by atoms with Gasteiger partial charge in [0.15, 0.2) is 0 Å². The highest BCUT2D eigenvalue weighted by Crippen LogP contribution is 2.14. The number of esters is 5. The summed E-state index contributed by atoms with van der Waals surface area (Å²) in [6, 6.07) is 6.31. The molecule has 10 nitrogen and oxygen atoms in total. The van der Waals surface area contributed by atoms with E-state index in [2.05, 4.69) is 40.9 Å². The molecule has 0 aliphatic heterocycles. The molecule has 0 saturated heterocycles. The van der Waals surface area contributed by atoms with Crippen molar-refractivity contribution in [1.29, 1.82) is 0 Å². The normalized spacial score (nSPS) is 9.80. The minimum atomic E-state index is -0.582. The maximum atomic E-state index is 11.7. The summed E-state index contributed by atoms with van der Waals surface area (Å²) in [6.45, 7) is 29.3. The van der Waals surface area contributed by atoms with Crippen molar-refractivity contribution in [2.75, 3.05) is 33.0 Å². The molecule has 0 radical (unpaired) electrons. The number of hydrogen-bond donors (Lipinski definition) is 0. The molecule has 0 aromatic heterocycles. The molecule has 1 aromatic rings. The van der Waals surface area contributed by atoms with Gasteiger partial charge >= 0.3 is 29.8 Å². The van der Waals surface area contributed by atoms with Gasteiger partial charge in [0.1, 0.15) is 13.2 Å². The molecule has 1 rings (SSSR count). The van der Waals surface area contributed by atoms with Crippen LogP contribution < -0.4 is 0 Å². The number of hydrogen-bond acceptors (Lipinski definition) is 10. The zero-order chi connectivity index (χ0) is 46.2. The molecule has 0 fully saturated rings. The third kappa shape index (κ3) is 45.1.